The summed E-state index contributed by atoms with van der Waals surface area (Å²) in [5.74, 6) is -0.212. The number of fused-ring (bicyclic) bond motifs is 2. The molecule has 2 aliphatic heterocycles. The van der Waals surface area contributed by atoms with Gasteiger partial charge in [0.05, 0.1) is 5.57 Å². The first-order valence-electron chi connectivity index (χ1n) is 10.4. The highest BCUT2D eigenvalue weighted by atomic mass is 35.5. The third kappa shape index (κ3) is 3.07. The number of halogens is 1. The molecular weight excluding hydrogens is 462 g/mol. The summed E-state index contributed by atoms with van der Waals surface area (Å²) in [5, 5.41) is 12.0. The molecular formula is C25H16ClNO7. The van der Waals surface area contributed by atoms with Gasteiger partial charge in [0.15, 0.2) is 23.0 Å². The van der Waals surface area contributed by atoms with Crippen molar-refractivity contribution in [3.63, 3.8) is 0 Å². The summed E-state index contributed by atoms with van der Waals surface area (Å²) in [7, 11) is 0. The molecule has 34 heavy (non-hydrogen) atoms. The summed E-state index contributed by atoms with van der Waals surface area (Å²) >= 11 is 6.05. The molecule has 8 nitrogen and oxygen atoms in total. The molecule has 0 saturated carbocycles. The van der Waals surface area contributed by atoms with E-state index in [1.54, 1.807) is 55.5 Å². The Kier molecular flexibility index (Phi) is 4.46. The van der Waals surface area contributed by atoms with Crippen LogP contribution >= 0.6 is 11.6 Å². The van der Waals surface area contributed by atoms with Crippen molar-refractivity contribution in [2.24, 2.45) is 0 Å². The van der Waals surface area contributed by atoms with Crippen LogP contribution in [-0.4, -0.2) is 23.6 Å². The van der Waals surface area contributed by atoms with Crippen molar-refractivity contribution in [1.82, 2.24) is 0 Å². The Bertz CT molecular complexity index is 1530. The molecule has 0 bridgehead atoms. The van der Waals surface area contributed by atoms with Gasteiger partial charge in [0.25, 0.3) is 5.91 Å². The lowest BCUT2D eigenvalue weighted by molar-refractivity contribution is -0.117. The standard InChI is InChI=1S/C25H16ClNO7/c1-12-2-5-18(33-12)22-21(23(28)20-9-13-8-14(26)3-6-16(13)34-20)24(29)25(30)27(22)15-4-7-17-19(10-15)32-11-31-17/h2-10,22,29H,11H2,1H3. The number of rotatable bonds is 4. The van der Waals surface area contributed by atoms with Crippen LogP contribution in [0.25, 0.3) is 11.0 Å². The van der Waals surface area contributed by atoms with E-state index in [-0.39, 0.29) is 18.1 Å². The van der Waals surface area contributed by atoms with Crippen molar-refractivity contribution in [2.75, 3.05) is 11.7 Å². The number of aryl methyl sites for hydroxylation is 1. The second kappa shape index (κ2) is 7.43. The Balaban J connectivity index is 1.48. The summed E-state index contributed by atoms with van der Waals surface area (Å²) in [4.78, 5) is 28.2. The highest BCUT2D eigenvalue weighted by molar-refractivity contribution is 6.31. The Morgan fingerprint density at radius 3 is 2.65 bits per heavy atom. The molecule has 0 saturated heterocycles. The van der Waals surface area contributed by atoms with Gasteiger partial charge in [-0.1, -0.05) is 11.6 Å². The zero-order valence-electron chi connectivity index (χ0n) is 17.7. The first-order chi connectivity index (χ1) is 16.4. The zero-order chi connectivity index (χ0) is 23.6. The number of carbonyl (C=O) groups excluding carboxylic acids is 2. The SMILES string of the molecule is Cc1ccc(C2C(C(=O)c3cc4cc(Cl)ccc4o3)=C(O)C(=O)N2c2ccc3c(c2)OCO3)o1. The van der Waals surface area contributed by atoms with Crippen LogP contribution in [0.5, 0.6) is 11.5 Å². The Labute approximate surface area is 197 Å². The molecule has 0 fully saturated rings. The minimum absolute atomic E-state index is 0.0348. The average molecular weight is 478 g/mol. The monoisotopic (exact) mass is 477 g/mol. The van der Waals surface area contributed by atoms with E-state index in [1.807, 2.05) is 0 Å². The van der Waals surface area contributed by atoms with E-state index in [0.29, 0.717) is 44.7 Å². The second-order valence-corrected chi connectivity index (χ2v) is 8.38. The number of amides is 1. The lowest BCUT2D eigenvalue weighted by atomic mass is 9.99. The van der Waals surface area contributed by atoms with Crippen LogP contribution in [-0.2, 0) is 4.79 Å². The van der Waals surface area contributed by atoms with Gasteiger partial charge >= 0.3 is 0 Å². The number of ether oxygens (including phenoxy) is 2. The Hall–Kier alpha value is -4.17. The largest absolute Gasteiger partial charge is 0.503 e. The average Bonchev–Trinajstić information content (AvgIpc) is 3.59. The van der Waals surface area contributed by atoms with Gasteiger partial charge in [-0.15, -0.1) is 0 Å². The van der Waals surface area contributed by atoms with E-state index >= 15 is 0 Å². The number of Topliss-reactive ketones (excluding diaryl/α,β-unsaturated/α-hetero) is 1. The number of hydrogen-bond acceptors (Lipinski definition) is 7. The lowest BCUT2D eigenvalue weighted by Crippen LogP contribution is -2.30. The van der Waals surface area contributed by atoms with E-state index in [4.69, 9.17) is 29.9 Å². The molecule has 0 spiro atoms. The molecule has 4 aromatic rings. The number of furan rings is 2. The van der Waals surface area contributed by atoms with Crippen LogP contribution in [0.4, 0.5) is 5.69 Å². The number of aliphatic hydroxyl groups excluding tert-OH is 1. The molecule has 1 amide bonds. The Morgan fingerprint density at radius 2 is 1.85 bits per heavy atom. The number of anilines is 1. The number of aliphatic hydroxyl groups is 1. The van der Waals surface area contributed by atoms with Crippen molar-refractivity contribution in [1.29, 1.82) is 0 Å². The summed E-state index contributed by atoms with van der Waals surface area (Å²) in [6, 6.07) is 13.8. The van der Waals surface area contributed by atoms with Gasteiger partial charge < -0.3 is 23.4 Å². The quantitative estimate of drug-likeness (QED) is 0.387. The van der Waals surface area contributed by atoms with Gasteiger partial charge in [-0.2, -0.15) is 0 Å². The summed E-state index contributed by atoms with van der Waals surface area (Å²) in [6.45, 7) is 1.82. The van der Waals surface area contributed by atoms with Gasteiger partial charge in [0.2, 0.25) is 12.6 Å². The van der Waals surface area contributed by atoms with Gasteiger partial charge in [-0.05, 0) is 55.5 Å². The van der Waals surface area contributed by atoms with Gasteiger partial charge in [-0.25, -0.2) is 0 Å². The van der Waals surface area contributed by atoms with Crippen molar-refractivity contribution in [2.45, 2.75) is 13.0 Å². The van der Waals surface area contributed by atoms with Crippen LogP contribution in [0.2, 0.25) is 5.02 Å². The van der Waals surface area contributed by atoms with Crippen molar-refractivity contribution in [3.8, 4) is 11.5 Å². The van der Waals surface area contributed by atoms with Crippen molar-refractivity contribution < 1.29 is 33.0 Å². The van der Waals surface area contributed by atoms with Crippen molar-refractivity contribution in [3.05, 3.63) is 88.2 Å². The van der Waals surface area contributed by atoms with E-state index < -0.39 is 23.5 Å². The van der Waals surface area contributed by atoms with Crippen LogP contribution in [0.3, 0.4) is 0 Å². The molecule has 2 aromatic heterocycles. The van der Waals surface area contributed by atoms with Crippen LogP contribution in [0.15, 0.2) is 74.8 Å². The highest BCUT2D eigenvalue weighted by Gasteiger charge is 2.47. The van der Waals surface area contributed by atoms with Crippen LogP contribution in [0, 0.1) is 6.92 Å². The van der Waals surface area contributed by atoms with Gasteiger partial charge in [0.1, 0.15) is 23.1 Å². The number of carbonyl (C=O) groups is 2. The molecule has 2 aromatic carbocycles. The number of nitrogens with zero attached hydrogens (tertiary/aromatic N) is 1. The van der Waals surface area contributed by atoms with E-state index in [2.05, 4.69) is 0 Å². The van der Waals surface area contributed by atoms with Crippen LogP contribution in [0.1, 0.15) is 28.1 Å². The van der Waals surface area contributed by atoms with Gasteiger partial charge in [-0.3, -0.25) is 14.5 Å². The first-order valence-corrected chi connectivity index (χ1v) is 10.7. The Morgan fingerprint density at radius 1 is 1.03 bits per heavy atom. The zero-order valence-corrected chi connectivity index (χ0v) is 18.5. The fourth-order valence-electron chi connectivity index (χ4n) is 4.27. The molecule has 1 N–H and O–H groups in total. The first kappa shape index (κ1) is 20.4. The summed E-state index contributed by atoms with van der Waals surface area (Å²) in [5.41, 5.74) is 0.705. The fraction of sp³-hybridized carbons (Fsp3) is 0.120. The van der Waals surface area contributed by atoms with E-state index in [1.165, 1.54) is 11.0 Å². The molecule has 170 valence electrons. The van der Waals surface area contributed by atoms with E-state index in [0.717, 1.165) is 0 Å². The third-order valence-corrected chi connectivity index (χ3v) is 6.05. The maximum Gasteiger partial charge on any atom is 0.294 e. The molecule has 4 heterocycles. The predicted octanol–water partition coefficient (Wildman–Crippen LogP) is 5.50. The number of hydrogen-bond donors (Lipinski definition) is 1. The molecule has 6 rings (SSSR count). The maximum atomic E-state index is 13.6. The molecule has 1 unspecified atom stereocenters. The van der Waals surface area contributed by atoms with Crippen LogP contribution < -0.4 is 14.4 Å². The third-order valence-electron chi connectivity index (χ3n) is 5.82. The molecule has 0 radical (unpaired) electrons. The highest BCUT2D eigenvalue weighted by Crippen LogP contribution is 2.45. The minimum atomic E-state index is -1.02. The lowest BCUT2D eigenvalue weighted by Gasteiger charge is -2.25. The number of benzene rings is 2. The topological polar surface area (TPSA) is 102 Å². The molecule has 0 aliphatic carbocycles. The fourth-order valence-corrected chi connectivity index (χ4v) is 4.45. The van der Waals surface area contributed by atoms with Gasteiger partial charge in [0, 0.05) is 22.2 Å². The summed E-state index contributed by atoms with van der Waals surface area (Å²) < 4.78 is 22.3. The van der Waals surface area contributed by atoms with Crippen molar-refractivity contribution >= 4 is 39.9 Å². The molecule has 9 heteroatoms. The van der Waals surface area contributed by atoms with E-state index in [9.17, 15) is 14.7 Å². The predicted molar refractivity (Wildman–Crippen MR) is 121 cm³/mol. The normalized spacial score (nSPS) is 17.3. The smallest absolute Gasteiger partial charge is 0.294 e. The molecule has 1 atom stereocenters. The maximum absolute atomic E-state index is 13.6. The minimum Gasteiger partial charge on any atom is -0.503 e. The second-order valence-electron chi connectivity index (χ2n) is 7.95. The number of ketones is 1. The summed E-state index contributed by atoms with van der Waals surface area (Å²) in [6.07, 6.45) is 0. The molecule has 2 aliphatic rings.